The number of nitrogens with one attached hydrogen (secondary N) is 1. The van der Waals surface area contributed by atoms with Crippen LogP contribution in [0, 0.1) is 5.92 Å². The predicted molar refractivity (Wildman–Crippen MR) is 85.3 cm³/mol. The molecule has 2 atom stereocenters. The topological polar surface area (TPSA) is 72.2 Å². The zero-order valence-electron chi connectivity index (χ0n) is 12.0. The molecule has 1 aromatic rings. The lowest BCUT2D eigenvalue weighted by Gasteiger charge is -2.15. The van der Waals surface area contributed by atoms with Crippen molar-refractivity contribution in [1.29, 1.82) is 0 Å². The van der Waals surface area contributed by atoms with Crippen LogP contribution in [-0.2, 0) is 21.3 Å². The van der Waals surface area contributed by atoms with E-state index in [1.807, 2.05) is 13.8 Å². The Bertz CT molecular complexity index is 506. The highest BCUT2D eigenvalue weighted by molar-refractivity contribution is 7.83. The van der Waals surface area contributed by atoms with Crippen molar-refractivity contribution in [3.8, 4) is 0 Å². The van der Waals surface area contributed by atoms with Gasteiger partial charge < -0.3 is 11.1 Å². The quantitative estimate of drug-likeness (QED) is 0.847. The van der Waals surface area contributed by atoms with Gasteiger partial charge in [-0.05, 0) is 36.1 Å². The van der Waals surface area contributed by atoms with Crippen molar-refractivity contribution in [3.63, 3.8) is 0 Å². The summed E-state index contributed by atoms with van der Waals surface area (Å²) in [4.78, 5) is 11.9. The first-order chi connectivity index (χ1) is 9.29. The molecule has 0 spiro atoms. The van der Waals surface area contributed by atoms with Crippen molar-refractivity contribution in [1.82, 2.24) is 0 Å². The first-order valence-electron chi connectivity index (χ1n) is 6.44. The lowest BCUT2D eigenvalue weighted by Crippen LogP contribution is -2.36. The molecule has 0 bridgehead atoms. The smallest absolute Gasteiger partial charge is 0.241 e. The molecule has 3 N–H and O–H groups in total. The number of benzene rings is 1. The van der Waals surface area contributed by atoms with Gasteiger partial charge >= 0.3 is 0 Å². The second-order valence-electron chi connectivity index (χ2n) is 5.25. The summed E-state index contributed by atoms with van der Waals surface area (Å²) in [7, 11) is -0.986. The van der Waals surface area contributed by atoms with E-state index in [0.29, 0.717) is 28.8 Å². The molecular weight excluding hydrogens is 296 g/mol. The average Bonchev–Trinajstić information content (AvgIpc) is 2.31. The van der Waals surface area contributed by atoms with Crippen molar-refractivity contribution >= 4 is 34.0 Å². The van der Waals surface area contributed by atoms with E-state index < -0.39 is 16.8 Å². The van der Waals surface area contributed by atoms with E-state index in [1.54, 1.807) is 24.5 Å². The summed E-state index contributed by atoms with van der Waals surface area (Å²) in [6, 6.07) is 4.61. The van der Waals surface area contributed by atoms with Crippen LogP contribution in [0.2, 0.25) is 5.02 Å². The lowest BCUT2D eigenvalue weighted by atomic mass is 10.0. The van der Waals surface area contributed by atoms with Crippen molar-refractivity contribution in [2.45, 2.75) is 32.1 Å². The van der Waals surface area contributed by atoms with Gasteiger partial charge in [-0.1, -0.05) is 25.4 Å². The molecule has 0 aliphatic heterocycles. The Balaban J connectivity index is 2.77. The van der Waals surface area contributed by atoms with Crippen LogP contribution in [0.5, 0.6) is 0 Å². The number of amides is 1. The molecule has 4 nitrogen and oxygen atoms in total. The van der Waals surface area contributed by atoms with Gasteiger partial charge in [0, 0.05) is 33.5 Å². The van der Waals surface area contributed by atoms with Gasteiger partial charge in [0.1, 0.15) is 0 Å². The van der Waals surface area contributed by atoms with Crippen LogP contribution in [0.4, 0.5) is 5.69 Å². The van der Waals surface area contributed by atoms with Gasteiger partial charge in [-0.15, -0.1) is 0 Å². The van der Waals surface area contributed by atoms with Crippen LogP contribution in [0.1, 0.15) is 25.8 Å². The molecule has 1 aromatic carbocycles. The molecule has 1 unspecified atom stereocenters. The van der Waals surface area contributed by atoms with Crippen LogP contribution in [0.15, 0.2) is 18.2 Å². The summed E-state index contributed by atoms with van der Waals surface area (Å²) in [6.45, 7) is 4.04. The Hall–Kier alpha value is -0.910. The number of halogens is 1. The summed E-state index contributed by atoms with van der Waals surface area (Å²) in [5, 5.41) is 3.31. The highest BCUT2D eigenvalue weighted by Gasteiger charge is 2.15. The Labute approximate surface area is 127 Å². The van der Waals surface area contributed by atoms with E-state index in [2.05, 4.69) is 5.32 Å². The Kier molecular flexibility index (Phi) is 6.65. The molecule has 20 heavy (non-hydrogen) atoms. The molecule has 1 rings (SSSR count). The van der Waals surface area contributed by atoms with Gasteiger partial charge in [0.15, 0.2) is 0 Å². The third-order valence-corrected chi connectivity index (χ3v) is 3.82. The summed E-state index contributed by atoms with van der Waals surface area (Å²) >= 11 is 6.04. The van der Waals surface area contributed by atoms with Crippen LogP contribution in [-0.4, -0.2) is 22.4 Å². The fourth-order valence-corrected chi connectivity index (χ4v) is 2.77. The normalized spacial score (nSPS) is 14.1. The summed E-state index contributed by atoms with van der Waals surface area (Å²) in [5.74, 6) is 0.504. The van der Waals surface area contributed by atoms with Crippen LogP contribution < -0.4 is 11.1 Å². The molecule has 0 saturated heterocycles. The molecule has 0 radical (unpaired) electrons. The summed E-state index contributed by atoms with van der Waals surface area (Å²) in [5.41, 5.74) is 7.20. The largest absolute Gasteiger partial charge is 0.325 e. The van der Waals surface area contributed by atoms with Gasteiger partial charge in [0.05, 0.1) is 6.04 Å². The molecule has 0 aliphatic carbocycles. The summed E-state index contributed by atoms with van der Waals surface area (Å²) < 4.78 is 11.3. The van der Waals surface area contributed by atoms with Crippen molar-refractivity contribution in [3.05, 3.63) is 28.8 Å². The fraction of sp³-hybridized carbons (Fsp3) is 0.500. The minimum Gasteiger partial charge on any atom is -0.325 e. The van der Waals surface area contributed by atoms with Crippen LogP contribution in [0.3, 0.4) is 0 Å². The van der Waals surface area contributed by atoms with E-state index in [4.69, 9.17) is 17.3 Å². The minimum absolute atomic E-state index is 0.218. The number of hydrogen-bond acceptors (Lipinski definition) is 3. The molecular formula is C14H21ClN2O2S. The number of anilines is 1. The second kappa shape index (κ2) is 7.76. The minimum atomic E-state index is -0.986. The standard InChI is InChI=1S/C14H21ClN2O2S/c1-9(2)6-13(16)14(18)17-11-4-5-12(15)10(7-11)8-20(3)19/h4-5,7,9,13H,6,8,16H2,1-3H3,(H,17,18)/t13-,20?/m0/s1. The average molecular weight is 317 g/mol. The van der Waals surface area contributed by atoms with Crippen molar-refractivity contribution in [2.75, 3.05) is 11.6 Å². The molecule has 6 heteroatoms. The number of hydrogen-bond donors (Lipinski definition) is 2. The highest BCUT2D eigenvalue weighted by atomic mass is 35.5. The van der Waals surface area contributed by atoms with E-state index in [0.717, 1.165) is 5.56 Å². The molecule has 112 valence electrons. The van der Waals surface area contributed by atoms with Gasteiger partial charge in [-0.3, -0.25) is 9.00 Å². The van der Waals surface area contributed by atoms with E-state index in [1.165, 1.54) is 0 Å². The maximum absolute atomic E-state index is 11.9. The van der Waals surface area contributed by atoms with Crippen molar-refractivity contribution in [2.24, 2.45) is 11.7 Å². The van der Waals surface area contributed by atoms with Gasteiger partial charge in [-0.25, -0.2) is 0 Å². The molecule has 1 amide bonds. The Morgan fingerprint density at radius 2 is 2.10 bits per heavy atom. The third kappa shape index (κ3) is 5.61. The molecule has 0 fully saturated rings. The van der Waals surface area contributed by atoms with Gasteiger partial charge in [0.25, 0.3) is 0 Å². The molecule has 0 aliphatic rings. The van der Waals surface area contributed by atoms with E-state index in [9.17, 15) is 9.00 Å². The highest BCUT2D eigenvalue weighted by Crippen LogP contribution is 2.22. The zero-order chi connectivity index (χ0) is 15.3. The number of carbonyl (C=O) groups is 1. The maximum atomic E-state index is 11.9. The SMILES string of the molecule is CC(C)C[C@H](N)C(=O)Nc1ccc(Cl)c(CS(C)=O)c1. The van der Waals surface area contributed by atoms with Crippen molar-refractivity contribution < 1.29 is 9.00 Å². The first kappa shape index (κ1) is 17.1. The number of rotatable bonds is 6. The number of nitrogens with two attached hydrogens (primary N) is 1. The predicted octanol–water partition coefficient (Wildman–Crippen LogP) is 2.53. The number of carbonyl (C=O) groups excluding carboxylic acids is 1. The molecule has 0 saturated carbocycles. The maximum Gasteiger partial charge on any atom is 0.241 e. The van der Waals surface area contributed by atoms with Gasteiger partial charge in [0.2, 0.25) is 5.91 Å². The molecule has 0 heterocycles. The summed E-state index contributed by atoms with van der Waals surface area (Å²) in [6.07, 6.45) is 2.24. The van der Waals surface area contributed by atoms with E-state index >= 15 is 0 Å². The van der Waals surface area contributed by atoms with Crippen LogP contribution in [0.25, 0.3) is 0 Å². The zero-order valence-corrected chi connectivity index (χ0v) is 13.6. The Morgan fingerprint density at radius 1 is 1.45 bits per heavy atom. The third-order valence-electron chi connectivity index (χ3n) is 2.73. The lowest BCUT2D eigenvalue weighted by molar-refractivity contribution is -0.117. The first-order valence-corrected chi connectivity index (χ1v) is 8.55. The monoisotopic (exact) mass is 316 g/mol. The van der Waals surface area contributed by atoms with Crippen LogP contribution >= 0.6 is 11.6 Å². The van der Waals surface area contributed by atoms with Gasteiger partial charge in [-0.2, -0.15) is 0 Å². The fourth-order valence-electron chi connectivity index (χ4n) is 1.83. The molecule has 0 aromatic heterocycles. The Morgan fingerprint density at radius 3 is 2.65 bits per heavy atom. The van der Waals surface area contributed by atoms with E-state index in [-0.39, 0.29) is 5.91 Å². The second-order valence-corrected chi connectivity index (χ2v) is 7.09.